The van der Waals surface area contributed by atoms with Crippen LogP contribution in [0.2, 0.25) is 0 Å². The number of aliphatic hydroxyl groups is 1. The molecule has 0 aliphatic rings. The van der Waals surface area contributed by atoms with E-state index in [-0.39, 0.29) is 6.61 Å². The zero-order valence-electron chi connectivity index (χ0n) is 8.51. The monoisotopic (exact) mass is 210 g/mol. The second kappa shape index (κ2) is 5.31. The van der Waals surface area contributed by atoms with Gasteiger partial charge < -0.3 is 15.6 Å². The third kappa shape index (κ3) is 3.55. The lowest BCUT2D eigenvalue weighted by Gasteiger charge is -2.10. The first-order valence-electron chi connectivity index (χ1n) is 4.65. The number of nitrogens with two attached hydrogens (primary N) is 1. The van der Waals surface area contributed by atoms with Crippen molar-refractivity contribution in [3.05, 3.63) is 23.9 Å². The van der Waals surface area contributed by atoms with Gasteiger partial charge in [-0.05, 0) is 18.9 Å². The van der Waals surface area contributed by atoms with E-state index in [1.165, 1.54) is 0 Å². The Bertz CT molecular complexity index is 324. The summed E-state index contributed by atoms with van der Waals surface area (Å²) in [5.41, 5.74) is 5.95. The van der Waals surface area contributed by atoms with Crippen molar-refractivity contribution >= 4 is 5.91 Å². The van der Waals surface area contributed by atoms with Crippen LogP contribution in [0.5, 0.6) is 5.88 Å². The van der Waals surface area contributed by atoms with E-state index in [1.807, 2.05) is 0 Å². The van der Waals surface area contributed by atoms with Gasteiger partial charge in [-0.1, -0.05) is 6.07 Å². The predicted octanol–water partition coefficient (Wildman–Crippen LogP) is -0.131. The summed E-state index contributed by atoms with van der Waals surface area (Å²) in [7, 11) is 0. The third-order valence-electron chi connectivity index (χ3n) is 1.90. The highest BCUT2D eigenvalue weighted by atomic mass is 16.5. The van der Waals surface area contributed by atoms with Crippen molar-refractivity contribution in [2.24, 2.45) is 5.73 Å². The summed E-state index contributed by atoms with van der Waals surface area (Å²) in [5.74, 6) is -0.181. The maximum atomic E-state index is 10.7. The van der Waals surface area contributed by atoms with Gasteiger partial charge in [0, 0.05) is 18.9 Å². The quantitative estimate of drug-likeness (QED) is 0.708. The summed E-state index contributed by atoms with van der Waals surface area (Å²) >= 11 is 0. The van der Waals surface area contributed by atoms with Crippen LogP contribution in [-0.4, -0.2) is 28.7 Å². The van der Waals surface area contributed by atoms with E-state index >= 15 is 0 Å². The molecule has 1 heterocycles. The molecule has 0 unspecified atom stereocenters. The summed E-state index contributed by atoms with van der Waals surface area (Å²) < 4.78 is 5.16. The molecule has 0 aliphatic heterocycles. The summed E-state index contributed by atoms with van der Waals surface area (Å²) in [6.45, 7) is 1.64. The first-order chi connectivity index (χ1) is 7.13. The maximum absolute atomic E-state index is 10.7. The van der Waals surface area contributed by atoms with Gasteiger partial charge in [-0.15, -0.1) is 0 Å². The topological polar surface area (TPSA) is 85.4 Å². The van der Waals surface area contributed by atoms with Crippen molar-refractivity contribution < 1.29 is 14.6 Å². The summed E-state index contributed by atoms with van der Waals surface area (Å²) in [4.78, 5) is 14.7. The van der Waals surface area contributed by atoms with E-state index in [0.29, 0.717) is 12.3 Å². The average Bonchev–Trinajstić information content (AvgIpc) is 2.21. The van der Waals surface area contributed by atoms with E-state index in [9.17, 15) is 4.79 Å². The van der Waals surface area contributed by atoms with Gasteiger partial charge in [0.2, 0.25) is 5.88 Å². The van der Waals surface area contributed by atoms with Gasteiger partial charge in [-0.2, -0.15) is 0 Å². The lowest BCUT2D eigenvalue weighted by Crippen LogP contribution is -2.30. The molecule has 5 nitrogen and oxygen atoms in total. The van der Waals surface area contributed by atoms with Gasteiger partial charge in [0.15, 0.2) is 6.10 Å². The van der Waals surface area contributed by atoms with E-state index in [2.05, 4.69) is 4.98 Å². The lowest BCUT2D eigenvalue weighted by atomic mass is 10.2. The Labute approximate surface area is 87.9 Å². The summed E-state index contributed by atoms with van der Waals surface area (Å²) in [5, 5.41) is 8.69. The first kappa shape index (κ1) is 11.5. The number of hydrogen-bond donors (Lipinski definition) is 2. The van der Waals surface area contributed by atoms with Crippen molar-refractivity contribution in [3.63, 3.8) is 0 Å². The van der Waals surface area contributed by atoms with Crippen LogP contribution in [0.4, 0.5) is 0 Å². The van der Waals surface area contributed by atoms with Crippen molar-refractivity contribution in [2.75, 3.05) is 6.61 Å². The highest BCUT2D eigenvalue weighted by molar-refractivity contribution is 5.78. The highest BCUT2D eigenvalue weighted by Crippen LogP contribution is 2.09. The van der Waals surface area contributed by atoms with Crippen LogP contribution in [0.15, 0.2) is 18.3 Å². The van der Waals surface area contributed by atoms with E-state index in [0.717, 1.165) is 5.56 Å². The molecule has 0 aliphatic carbocycles. The molecule has 0 spiro atoms. The zero-order valence-corrected chi connectivity index (χ0v) is 8.51. The molecule has 1 rings (SSSR count). The second-order valence-electron chi connectivity index (χ2n) is 3.14. The Morgan fingerprint density at radius 2 is 2.40 bits per heavy atom. The molecule has 82 valence electrons. The highest BCUT2D eigenvalue weighted by Gasteiger charge is 2.10. The van der Waals surface area contributed by atoms with Crippen LogP contribution >= 0.6 is 0 Å². The molecular weight excluding hydrogens is 196 g/mol. The third-order valence-corrected chi connectivity index (χ3v) is 1.90. The Morgan fingerprint density at radius 3 is 2.87 bits per heavy atom. The standard InChI is InChI=1S/C10H14N2O3/c1-7(10(11)14)15-9-3-2-8(4-5-13)6-12-9/h2-3,6-7,13H,4-5H2,1H3,(H2,11,14)/t7-/m1/s1. The van der Waals surface area contributed by atoms with Crippen LogP contribution in [-0.2, 0) is 11.2 Å². The zero-order chi connectivity index (χ0) is 11.3. The predicted molar refractivity (Wildman–Crippen MR) is 54.3 cm³/mol. The van der Waals surface area contributed by atoms with Gasteiger partial charge >= 0.3 is 0 Å². The fourth-order valence-electron chi connectivity index (χ4n) is 0.997. The van der Waals surface area contributed by atoms with Crippen LogP contribution in [0, 0.1) is 0 Å². The molecule has 0 bridgehead atoms. The molecule has 0 fully saturated rings. The Kier molecular flexibility index (Phi) is 4.05. The molecule has 5 heteroatoms. The SMILES string of the molecule is C[C@@H](Oc1ccc(CCO)cn1)C(N)=O. The molecular formula is C10H14N2O3. The molecule has 0 saturated carbocycles. The van der Waals surface area contributed by atoms with Crippen molar-refractivity contribution in [3.8, 4) is 5.88 Å². The lowest BCUT2D eigenvalue weighted by molar-refractivity contribution is -0.124. The second-order valence-corrected chi connectivity index (χ2v) is 3.14. The largest absolute Gasteiger partial charge is 0.465 e. The number of aliphatic hydroxyl groups excluding tert-OH is 1. The number of amides is 1. The Hall–Kier alpha value is -1.62. The van der Waals surface area contributed by atoms with Gasteiger partial charge in [-0.3, -0.25) is 4.79 Å². The number of primary amides is 1. The van der Waals surface area contributed by atoms with Gasteiger partial charge in [0.25, 0.3) is 5.91 Å². The smallest absolute Gasteiger partial charge is 0.258 e. The molecule has 3 N–H and O–H groups in total. The molecule has 1 amide bonds. The average molecular weight is 210 g/mol. The minimum Gasteiger partial charge on any atom is -0.465 e. The van der Waals surface area contributed by atoms with Crippen LogP contribution < -0.4 is 10.5 Å². The molecule has 0 radical (unpaired) electrons. The molecule has 1 atom stereocenters. The van der Waals surface area contributed by atoms with Gasteiger partial charge in [-0.25, -0.2) is 4.98 Å². The van der Waals surface area contributed by atoms with Crippen molar-refractivity contribution in [1.82, 2.24) is 4.98 Å². The van der Waals surface area contributed by atoms with Crippen molar-refractivity contribution in [2.45, 2.75) is 19.4 Å². The number of rotatable bonds is 5. The van der Waals surface area contributed by atoms with Crippen LogP contribution in [0.3, 0.4) is 0 Å². The van der Waals surface area contributed by atoms with Gasteiger partial charge in [0.1, 0.15) is 0 Å². The molecule has 1 aromatic heterocycles. The molecule has 0 aromatic carbocycles. The number of carbonyl (C=O) groups is 1. The maximum Gasteiger partial charge on any atom is 0.258 e. The Balaban J connectivity index is 2.60. The fourth-order valence-corrected chi connectivity index (χ4v) is 0.997. The normalized spacial score (nSPS) is 12.1. The minimum atomic E-state index is -0.693. The molecule has 0 saturated heterocycles. The minimum absolute atomic E-state index is 0.0829. The fraction of sp³-hybridized carbons (Fsp3) is 0.400. The van der Waals surface area contributed by atoms with E-state index in [1.54, 1.807) is 25.3 Å². The Morgan fingerprint density at radius 1 is 1.67 bits per heavy atom. The summed E-state index contributed by atoms with van der Waals surface area (Å²) in [6, 6.07) is 3.43. The number of aromatic nitrogens is 1. The number of hydrogen-bond acceptors (Lipinski definition) is 4. The molecule has 1 aromatic rings. The molecule has 15 heavy (non-hydrogen) atoms. The van der Waals surface area contributed by atoms with Gasteiger partial charge in [0.05, 0.1) is 0 Å². The number of nitrogens with zero attached hydrogens (tertiary/aromatic N) is 1. The van der Waals surface area contributed by atoms with E-state index < -0.39 is 12.0 Å². The van der Waals surface area contributed by atoms with Crippen LogP contribution in [0.1, 0.15) is 12.5 Å². The van der Waals surface area contributed by atoms with Crippen molar-refractivity contribution in [1.29, 1.82) is 0 Å². The van der Waals surface area contributed by atoms with Crippen LogP contribution in [0.25, 0.3) is 0 Å². The number of ether oxygens (including phenoxy) is 1. The first-order valence-corrected chi connectivity index (χ1v) is 4.65. The van der Waals surface area contributed by atoms with E-state index in [4.69, 9.17) is 15.6 Å². The number of pyridine rings is 1. The summed E-state index contributed by atoms with van der Waals surface area (Å²) in [6.07, 6.45) is 1.46. The number of carbonyl (C=O) groups excluding carboxylic acids is 1.